The van der Waals surface area contributed by atoms with Crippen LogP contribution in [-0.4, -0.2) is 46.3 Å². The van der Waals surface area contributed by atoms with E-state index in [0.717, 1.165) is 5.56 Å². The summed E-state index contributed by atoms with van der Waals surface area (Å²) in [5.41, 5.74) is 0.825. The molecule has 0 unspecified atom stereocenters. The molecule has 0 amide bonds. The molecule has 1 aromatic heterocycles. The summed E-state index contributed by atoms with van der Waals surface area (Å²) in [7, 11) is 1.94. The Hall–Kier alpha value is -2.12. The first kappa shape index (κ1) is 17.2. The number of carboxylic acid groups (broad SMARTS) is 1. The lowest BCUT2D eigenvalue weighted by atomic mass is 10.2. The zero-order valence-electron chi connectivity index (χ0n) is 13.0. The van der Waals surface area contributed by atoms with Crippen molar-refractivity contribution in [1.29, 1.82) is 0 Å². The van der Waals surface area contributed by atoms with Crippen molar-refractivity contribution in [1.82, 2.24) is 15.0 Å². The van der Waals surface area contributed by atoms with Gasteiger partial charge >= 0.3 is 5.97 Å². The van der Waals surface area contributed by atoms with Crippen LogP contribution in [0, 0.1) is 6.92 Å². The van der Waals surface area contributed by atoms with Gasteiger partial charge in [0.25, 0.3) is 0 Å². The molecule has 1 aromatic carbocycles. The fraction of sp³-hybridized carbons (Fsp3) is 0.400. The average Bonchev–Trinajstić information content (AvgIpc) is 2.90. The van der Waals surface area contributed by atoms with Gasteiger partial charge in [0.1, 0.15) is 5.75 Å². The third-order valence-corrected chi connectivity index (χ3v) is 3.34. The molecule has 0 saturated carbocycles. The summed E-state index contributed by atoms with van der Waals surface area (Å²) in [5.74, 6) is 0.690. The highest BCUT2D eigenvalue weighted by Crippen LogP contribution is 2.24. The monoisotopic (exact) mass is 339 g/mol. The minimum atomic E-state index is -1.02. The molecule has 0 bridgehead atoms. The van der Waals surface area contributed by atoms with Crippen LogP contribution < -0.4 is 4.74 Å². The highest BCUT2D eigenvalue weighted by atomic mass is 35.5. The predicted molar refractivity (Wildman–Crippen MR) is 83.7 cm³/mol. The molecule has 8 heteroatoms. The standard InChI is InChI=1S/C15H18ClN3O4/c1-10-17-14(18-23-10)5-6-19(2)8-11-7-12(16)3-4-13(11)22-9-15(20)21/h3-4,7H,5-6,8-9H2,1-2H3,(H,20,21). The second-order valence-corrected chi connectivity index (χ2v) is 5.59. The normalized spacial score (nSPS) is 11.0. The fourth-order valence-electron chi connectivity index (χ4n) is 2.06. The van der Waals surface area contributed by atoms with Gasteiger partial charge in [-0.05, 0) is 25.2 Å². The molecule has 2 rings (SSSR count). The van der Waals surface area contributed by atoms with Gasteiger partial charge in [-0.2, -0.15) is 4.98 Å². The zero-order valence-corrected chi connectivity index (χ0v) is 13.7. The Labute approximate surface area is 138 Å². The maximum atomic E-state index is 10.7. The number of carboxylic acids is 1. The van der Waals surface area contributed by atoms with E-state index in [4.69, 9.17) is 26.0 Å². The first-order valence-electron chi connectivity index (χ1n) is 7.05. The summed E-state index contributed by atoms with van der Waals surface area (Å²) in [6.45, 7) is 2.63. The number of likely N-dealkylation sites (N-methyl/N-ethyl adjacent to an activating group) is 1. The van der Waals surface area contributed by atoms with E-state index in [9.17, 15) is 4.79 Å². The molecule has 1 N–H and O–H groups in total. The van der Waals surface area contributed by atoms with Crippen LogP contribution in [0.4, 0.5) is 0 Å². The Kier molecular flexibility index (Phi) is 5.95. The van der Waals surface area contributed by atoms with Crippen molar-refractivity contribution in [3.63, 3.8) is 0 Å². The van der Waals surface area contributed by atoms with Gasteiger partial charge in [0.05, 0.1) is 0 Å². The zero-order chi connectivity index (χ0) is 16.8. The summed E-state index contributed by atoms with van der Waals surface area (Å²) >= 11 is 6.02. The van der Waals surface area contributed by atoms with Gasteiger partial charge in [-0.1, -0.05) is 16.8 Å². The molecule has 2 aromatic rings. The number of aliphatic carboxylic acids is 1. The molecule has 0 fully saturated rings. The molecule has 1 heterocycles. The Morgan fingerprint density at radius 2 is 2.26 bits per heavy atom. The number of benzene rings is 1. The summed E-state index contributed by atoms with van der Waals surface area (Å²) in [5, 5.41) is 13.2. The minimum Gasteiger partial charge on any atom is -0.482 e. The van der Waals surface area contributed by atoms with Crippen LogP contribution in [0.2, 0.25) is 5.02 Å². The van der Waals surface area contributed by atoms with Gasteiger partial charge in [-0.15, -0.1) is 0 Å². The van der Waals surface area contributed by atoms with Crippen molar-refractivity contribution in [2.75, 3.05) is 20.2 Å². The maximum absolute atomic E-state index is 10.7. The van der Waals surface area contributed by atoms with Gasteiger partial charge in [0.15, 0.2) is 12.4 Å². The summed E-state index contributed by atoms with van der Waals surface area (Å²) < 4.78 is 10.2. The minimum absolute atomic E-state index is 0.388. The molecule has 0 spiro atoms. The molecule has 23 heavy (non-hydrogen) atoms. The number of halogens is 1. The topological polar surface area (TPSA) is 88.7 Å². The molecular formula is C15H18ClN3O4. The molecular weight excluding hydrogens is 322 g/mol. The SMILES string of the molecule is Cc1nc(CCN(C)Cc2cc(Cl)ccc2OCC(=O)O)no1. The second kappa shape index (κ2) is 7.94. The molecule has 124 valence electrons. The van der Waals surface area contributed by atoms with E-state index < -0.39 is 5.97 Å². The van der Waals surface area contributed by atoms with Crippen molar-refractivity contribution in [3.05, 3.63) is 40.5 Å². The van der Waals surface area contributed by atoms with E-state index >= 15 is 0 Å². The molecule has 0 atom stereocenters. The van der Waals surface area contributed by atoms with Crippen LogP contribution in [0.1, 0.15) is 17.3 Å². The van der Waals surface area contributed by atoms with E-state index in [1.165, 1.54) is 0 Å². The van der Waals surface area contributed by atoms with Crippen LogP contribution in [0.5, 0.6) is 5.75 Å². The molecule has 0 radical (unpaired) electrons. The van der Waals surface area contributed by atoms with Crippen LogP contribution >= 0.6 is 11.6 Å². The van der Waals surface area contributed by atoms with E-state index in [2.05, 4.69) is 10.1 Å². The first-order valence-corrected chi connectivity index (χ1v) is 7.42. The lowest BCUT2D eigenvalue weighted by Crippen LogP contribution is -2.22. The van der Waals surface area contributed by atoms with Crippen molar-refractivity contribution < 1.29 is 19.2 Å². The highest BCUT2D eigenvalue weighted by Gasteiger charge is 2.11. The van der Waals surface area contributed by atoms with E-state index in [1.807, 2.05) is 11.9 Å². The maximum Gasteiger partial charge on any atom is 0.341 e. The average molecular weight is 340 g/mol. The van der Waals surface area contributed by atoms with E-state index in [1.54, 1.807) is 25.1 Å². The predicted octanol–water partition coefficient (Wildman–Crippen LogP) is 2.17. The van der Waals surface area contributed by atoms with Crippen molar-refractivity contribution in [2.24, 2.45) is 0 Å². The number of hydrogen-bond acceptors (Lipinski definition) is 6. The van der Waals surface area contributed by atoms with E-state index in [-0.39, 0.29) is 6.61 Å². The highest BCUT2D eigenvalue weighted by molar-refractivity contribution is 6.30. The summed E-state index contributed by atoms with van der Waals surface area (Å²) in [6, 6.07) is 5.12. The third kappa shape index (κ3) is 5.54. The van der Waals surface area contributed by atoms with Crippen LogP contribution in [0.3, 0.4) is 0 Å². The molecule has 0 aliphatic carbocycles. The van der Waals surface area contributed by atoms with Crippen LogP contribution in [0.15, 0.2) is 22.7 Å². The molecule has 7 nitrogen and oxygen atoms in total. The number of rotatable bonds is 8. The first-order chi connectivity index (χ1) is 10.9. The van der Waals surface area contributed by atoms with Gasteiger partial charge in [-0.25, -0.2) is 4.79 Å². The summed E-state index contributed by atoms with van der Waals surface area (Å²) in [4.78, 5) is 16.9. The number of aromatic nitrogens is 2. The third-order valence-electron chi connectivity index (χ3n) is 3.10. The van der Waals surface area contributed by atoms with E-state index in [0.29, 0.717) is 42.0 Å². The Morgan fingerprint density at radius 1 is 1.48 bits per heavy atom. The number of ether oxygens (including phenoxy) is 1. The van der Waals surface area contributed by atoms with Crippen molar-refractivity contribution >= 4 is 17.6 Å². The fourth-order valence-corrected chi connectivity index (χ4v) is 2.25. The number of hydrogen-bond donors (Lipinski definition) is 1. The van der Waals surface area contributed by atoms with Crippen molar-refractivity contribution in [2.45, 2.75) is 19.9 Å². The Morgan fingerprint density at radius 3 is 2.91 bits per heavy atom. The van der Waals surface area contributed by atoms with Gasteiger partial charge in [0, 0.05) is 37.0 Å². The van der Waals surface area contributed by atoms with Gasteiger partial charge in [-0.3, -0.25) is 0 Å². The lowest BCUT2D eigenvalue weighted by molar-refractivity contribution is -0.139. The number of carbonyl (C=O) groups is 1. The summed E-state index contributed by atoms with van der Waals surface area (Å²) in [6.07, 6.45) is 0.653. The molecule has 0 aliphatic rings. The van der Waals surface area contributed by atoms with Gasteiger partial charge in [0.2, 0.25) is 5.89 Å². The van der Waals surface area contributed by atoms with Gasteiger partial charge < -0.3 is 19.3 Å². The number of nitrogens with zero attached hydrogens (tertiary/aromatic N) is 3. The Bertz CT molecular complexity index is 674. The van der Waals surface area contributed by atoms with Crippen LogP contribution in [0.25, 0.3) is 0 Å². The smallest absolute Gasteiger partial charge is 0.341 e. The lowest BCUT2D eigenvalue weighted by Gasteiger charge is -2.18. The molecule has 0 saturated heterocycles. The second-order valence-electron chi connectivity index (χ2n) is 5.15. The largest absolute Gasteiger partial charge is 0.482 e. The van der Waals surface area contributed by atoms with Crippen molar-refractivity contribution in [3.8, 4) is 5.75 Å². The Balaban J connectivity index is 1.96. The quantitative estimate of drug-likeness (QED) is 0.788. The van der Waals surface area contributed by atoms with Crippen LogP contribution in [-0.2, 0) is 17.8 Å². The molecule has 0 aliphatic heterocycles. The number of aryl methyl sites for hydroxylation is 1.